The number of piperidine rings is 1. The highest BCUT2D eigenvalue weighted by atomic mass is 16.7. The second kappa shape index (κ2) is 11.2. The number of carbonyl (C=O) groups is 3. The molecule has 0 saturated carbocycles. The molecule has 0 bridgehead atoms. The third-order valence-corrected chi connectivity index (χ3v) is 5.26. The van der Waals surface area contributed by atoms with Crippen molar-refractivity contribution in [3.05, 3.63) is 35.9 Å². The molecular weight excluding hydrogens is 400 g/mol. The molecule has 0 radical (unpaired) electrons. The second-order valence-corrected chi connectivity index (χ2v) is 8.96. The normalized spacial score (nSPS) is 17.5. The summed E-state index contributed by atoms with van der Waals surface area (Å²) < 4.78 is 5.49. The number of esters is 1. The predicted molar refractivity (Wildman–Crippen MR) is 115 cm³/mol. The molecule has 172 valence electrons. The molecule has 1 fully saturated rings. The second-order valence-electron chi connectivity index (χ2n) is 8.96. The lowest BCUT2D eigenvalue weighted by molar-refractivity contribution is -0.199. The van der Waals surface area contributed by atoms with Crippen molar-refractivity contribution in [3.8, 4) is 0 Å². The molecule has 1 saturated heterocycles. The first-order chi connectivity index (χ1) is 14.6. The van der Waals surface area contributed by atoms with E-state index in [-0.39, 0.29) is 24.7 Å². The number of carbonyl (C=O) groups excluding carboxylic acids is 2. The van der Waals surface area contributed by atoms with Gasteiger partial charge in [-0.1, -0.05) is 30.3 Å². The molecule has 1 aromatic carbocycles. The molecule has 1 aliphatic rings. The van der Waals surface area contributed by atoms with Gasteiger partial charge in [0.25, 0.3) is 0 Å². The Kier molecular flexibility index (Phi) is 9.00. The van der Waals surface area contributed by atoms with Crippen LogP contribution in [0.3, 0.4) is 0 Å². The molecule has 0 aromatic heterocycles. The van der Waals surface area contributed by atoms with Crippen LogP contribution in [-0.2, 0) is 30.4 Å². The number of hydrogen-bond acceptors (Lipinski definition) is 7. The number of ether oxygens (including phenoxy) is 1. The van der Waals surface area contributed by atoms with Crippen molar-refractivity contribution in [3.63, 3.8) is 0 Å². The van der Waals surface area contributed by atoms with Gasteiger partial charge in [-0.3, -0.25) is 14.4 Å². The first-order valence-corrected chi connectivity index (χ1v) is 10.7. The molecule has 1 unspecified atom stereocenters. The van der Waals surface area contributed by atoms with E-state index in [9.17, 15) is 19.5 Å². The summed E-state index contributed by atoms with van der Waals surface area (Å²) >= 11 is 0. The van der Waals surface area contributed by atoms with Gasteiger partial charge in [0, 0.05) is 13.1 Å². The van der Waals surface area contributed by atoms with Gasteiger partial charge >= 0.3 is 17.9 Å². The molecule has 1 aliphatic heterocycles. The van der Waals surface area contributed by atoms with Crippen LogP contribution in [0.15, 0.2) is 30.3 Å². The SMILES string of the molecule is CNC(C(=O)OC(C)(C)C)C1CCN(OC(=O)C[C@@H](Cc2ccccc2)C(=O)O)CC1. The summed E-state index contributed by atoms with van der Waals surface area (Å²) in [5, 5.41) is 14.1. The number of aliphatic carboxylic acids is 1. The molecule has 1 heterocycles. The van der Waals surface area contributed by atoms with Crippen LogP contribution in [0, 0.1) is 11.8 Å². The molecule has 2 atom stereocenters. The van der Waals surface area contributed by atoms with Gasteiger partial charge in [0.1, 0.15) is 11.6 Å². The van der Waals surface area contributed by atoms with E-state index in [1.54, 1.807) is 12.1 Å². The minimum atomic E-state index is -1.02. The molecular formula is C23H34N2O6. The summed E-state index contributed by atoms with van der Waals surface area (Å²) in [4.78, 5) is 41.8. The van der Waals surface area contributed by atoms with Crippen LogP contribution >= 0.6 is 0 Å². The van der Waals surface area contributed by atoms with Crippen LogP contribution < -0.4 is 5.32 Å². The third-order valence-electron chi connectivity index (χ3n) is 5.26. The Morgan fingerprint density at radius 1 is 1.16 bits per heavy atom. The van der Waals surface area contributed by atoms with Gasteiger partial charge in [-0.25, -0.2) is 0 Å². The lowest BCUT2D eigenvalue weighted by Gasteiger charge is -2.35. The molecule has 8 heteroatoms. The van der Waals surface area contributed by atoms with E-state index in [4.69, 9.17) is 9.57 Å². The maximum absolute atomic E-state index is 12.4. The zero-order chi connectivity index (χ0) is 23.0. The molecule has 31 heavy (non-hydrogen) atoms. The zero-order valence-electron chi connectivity index (χ0n) is 18.8. The standard InChI is InChI=1S/C23H34N2O6/c1-23(2,3)30-22(29)20(24-4)17-10-12-25(13-11-17)31-19(26)15-18(21(27)28)14-16-8-6-5-7-9-16/h5-9,17-18,20,24H,10-15H2,1-4H3,(H,27,28)/t18-,20?/m1/s1. The molecule has 8 nitrogen and oxygen atoms in total. The van der Waals surface area contributed by atoms with Gasteiger partial charge in [-0.15, -0.1) is 5.06 Å². The van der Waals surface area contributed by atoms with E-state index in [0.29, 0.717) is 25.9 Å². The van der Waals surface area contributed by atoms with E-state index < -0.39 is 29.5 Å². The Labute approximate surface area is 183 Å². The monoisotopic (exact) mass is 434 g/mol. The van der Waals surface area contributed by atoms with Crippen molar-refractivity contribution in [2.75, 3.05) is 20.1 Å². The lowest BCUT2D eigenvalue weighted by atomic mass is 9.90. The van der Waals surface area contributed by atoms with Crippen molar-refractivity contribution in [2.45, 2.75) is 58.1 Å². The Balaban J connectivity index is 1.83. The topological polar surface area (TPSA) is 105 Å². The van der Waals surface area contributed by atoms with Gasteiger partial charge in [-0.2, -0.15) is 0 Å². The molecule has 0 spiro atoms. The van der Waals surface area contributed by atoms with Crippen LogP contribution in [0.5, 0.6) is 0 Å². The lowest BCUT2D eigenvalue weighted by Crippen LogP contribution is -2.48. The van der Waals surface area contributed by atoms with Crippen LogP contribution in [0.2, 0.25) is 0 Å². The Morgan fingerprint density at radius 2 is 1.77 bits per heavy atom. The smallest absolute Gasteiger partial charge is 0.325 e. The first kappa shape index (κ1) is 24.8. The number of carboxylic acids is 1. The first-order valence-electron chi connectivity index (χ1n) is 10.7. The number of hydrogen-bond donors (Lipinski definition) is 2. The Morgan fingerprint density at radius 3 is 2.29 bits per heavy atom. The van der Waals surface area contributed by atoms with Gasteiger partial charge < -0.3 is 20.0 Å². The van der Waals surface area contributed by atoms with Crippen molar-refractivity contribution in [1.82, 2.24) is 10.4 Å². The third kappa shape index (κ3) is 8.30. The van der Waals surface area contributed by atoms with Crippen molar-refractivity contribution < 1.29 is 29.1 Å². The fraction of sp³-hybridized carbons (Fsp3) is 0.609. The minimum absolute atomic E-state index is 0.0691. The summed E-state index contributed by atoms with van der Waals surface area (Å²) in [5.41, 5.74) is 0.312. The zero-order valence-corrected chi connectivity index (χ0v) is 18.8. The molecule has 0 amide bonds. The summed E-state index contributed by atoms with van der Waals surface area (Å²) in [7, 11) is 1.74. The number of likely N-dealkylation sites (N-methyl/N-ethyl adjacent to an activating group) is 1. The highest BCUT2D eigenvalue weighted by Gasteiger charge is 2.34. The largest absolute Gasteiger partial charge is 0.481 e. The van der Waals surface area contributed by atoms with Crippen LogP contribution in [-0.4, -0.2) is 59.9 Å². The average Bonchev–Trinajstić information content (AvgIpc) is 2.68. The summed E-state index contributed by atoms with van der Waals surface area (Å²) in [5.74, 6) is -2.63. The summed E-state index contributed by atoms with van der Waals surface area (Å²) in [6.07, 6.45) is 1.39. The van der Waals surface area contributed by atoms with Crippen molar-refractivity contribution in [1.29, 1.82) is 0 Å². The highest BCUT2D eigenvalue weighted by Crippen LogP contribution is 2.24. The molecule has 2 rings (SSSR count). The fourth-order valence-electron chi connectivity index (χ4n) is 3.74. The summed E-state index contributed by atoms with van der Waals surface area (Å²) in [6.45, 7) is 6.47. The molecule has 2 N–H and O–H groups in total. The number of benzene rings is 1. The minimum Gasteiger partial charge on any atom is -0.481 e. The van der Waals surface area contributed by atoms with E-state index in [1.807, 2.05) is 51.1 Å². The van der Waals surface area contributed by atoms with Gasteiger partial charge in [0.15, 0.2) is 0 Å². The van der Waals surface area contributed by atoms with Gasteiger partial charge in [-0.05, 0) is 58.6 Å². The van der Waals surface area contributed by atoms with Crippen molar-refractivity contribution >= 4 is 17.9 Å². The van der Waals surface area contributed by atoms with E-state index in [1.165, 1.54) is 0 Å². The van der Waals surface area contributed by atoms with Gasteiger partial charge in [0.05, 0.1) is 12.3 Å². The summed E-state index contributed by atoms with van der Waals surface area (Å²) in [6, 6.07) is 8.81. The van der Waals surface area contributed by atoms with E-state index in [2.05, 4.69) is 5.32 Å². The molecule has 0 aliphatic carbocycles. The number of nitrogens with one attached hydrogen (secondary N) is 1. The van der Waals surface area contributed by atoms with Gasteiger partial charge in [0.2, 0.25) is 0 Å². The average molecular weight is 435 g/mol. The highest BCUT2D eigenvalue weighted by molar-refractivity contribution is 5.79. The predicted octanol–water partition coefficient (Wildman–Crippen LogP) is 2.42. The quantitative estimate of drug-likeness (QED) is 0.571. The van der Waals surface area contributed by atoms with Crippen molar-refractivity contribution in [2.24, 2.45) is 11.8 Å². The maximum Gasteiger partial charge on any atom is 0.325 e. The van der Waals surface area contributed by atoms with Crippen LogP contribution in [0.4, 0.5) is 0 Å². The number of carboxylic acid groups (broad SMARTS) is 1. The maximum atomic E-state index is 12.4. The number of hydroxylamine groups is 2. The fourth-order valence-corrected chi connectivity index (χ4v) is 3.74. The number of nitrogens with zero attached hydrogens (tertiary/aromatic N) is 1. The molecule has 1 aromatic rings. The van der Waals surface area contributed by atoms with E-state index in [0.717, 1.165) is 5.56 Å². The van der Waals surface area contributed by atoms with Crippen LogP contribution in [0.25, 0.3) is 0 Å². The number of rotatable bonds is 9. The van der Waals surface area contributed by atoms with E-state index >= 15 is 0 Å². The Bertz CT molecular complexity index is 738. The van der Waals surface area contributed by atoms with Crippen LogP contribution in [0.1, 0.15) is 45.6 Å². The Hall–Kier alpha value is -2.45.